The molecule has 168 valence electrons. The average Bonchev–Trinajstić information content (AvgIpc) is 2.92. The molecular weight excluding hydrogens is 454 g/mol. The SMILES string of the molecule is O=COc1cccc(-c2cccc(N3c4ccccc4Sc4ccc(-c5ccccc5)nc43)n2)c1. The predicted molar refractivity (Wildman–Crippen MR) is 138 cm³/mol. The molecule has 2 aromatic heterocycles. The van der Waals surface area contributed by atoms with Crippen LogP contribution in [-0.4, -0.2) is 16.4 Å². The minimum Gasteiger partial charge on any atom is -0.429 e. The predicted octanol–water partition coefficient (Wildman–Crippen LogP) is 7.28. The highest BCUT2D eigenvalue weighted by atomic mass is 32.2. The third-order valence-corrected chi connectivity index (χ3v) is 6.83. The maximum atomic E-state index is 10.8. The molecular formula is C29H19N3O2S. The van der Waals surface area contributed by atoms with Crippen molar-refractivity contribution in [2.75, 3.05) is 4.90 Å². The molecule has 1 aliphatic heterocycles. The number of fused-ring (bicyclic) bond motifs is 2. The number of para-hydroxylation sites is 1. The fourth-order valence-electron chi connectivity index (χ4n) is 4.13. The summed E-state index contributed by atoms with van der Waals surface area (Å²) in [6, 6.07) is 35.9. The van der Waals surface area contributed by atoms with E-state index in [2.05, 4.69) is 41.3 Å². The fraction of sp³-hybridized carbons (Fsp3) is 0. The zero-order valence-electron chi connectivity index (χ0n) is 18.5. The Kier molecular flexibility index (Phi) is 5.48. The Bertz CT molecular complexity index is 1540. The van der Waals surface area contributed by atoms with Crippen molar-refractivity contribution in [3.05, 3.63) is 109 Å². The molecule has 3 aromatic carbocycles. The molecule has 0 spiro atoms. The van der Waals surface area contributed by atoms with Crippen LogP contribution in [0.15, 0.2) is 119 Å². The maximum Gasteiger partial charge on any atom is 0.298 e. The van der Waals surface area contributed by atoms with E-state index < -0.39 is 0 Å². The van der Waals surface area contributed by atoms with Gasteiger partial charge in [0.1, 0.15) is 11.6 Å². The lowest BCUT2D eigenvalue weighted by atomic mass is 10.1. The molecule has 6 heteroatoms. The number of ether oxygens (including phenoxy) is 1. The molecule has 6 rings (SSSR count). The summed E-state index contributed by atoms with van der Waals surface area (Å²) in [4.78, 5) is 25.2. The van der Waals surface area contributed by atoms with Crippen molar-refractivity contribution in [2.45, 2.75) is 9.79 Å². The number of pyridine rings is 2. The second-order valence-corrected chi connectivity index (χ2v) is 9.00. The van der Waals surface area contributed by atoms with E-state index in [1.54, 1.807) is 23.9 Å². The highest BCUT2D eigenvalue weighted by molar-refractivity contribution is 7.99. The number of anilines is 3. The van der Waals surface area contributed by atoms with Crippen molar-refractivity contribution in [3.8, 4) is 28.3 Å². The molecule has 0 saturated heterocycles. The summed E-state index contributed by atoms with van der Waals surface area (Å²) < 4.78 is 5.03. The Morgan fingerprint density at radius 1 is 0.686 bits per heavy atom. The normalized spacial score (nSPS) is 11.9. The summed E-state index contributed by atoms with van der Waals surface area (Å²) in [5, 5.41) is 0. The highest BCUT2D eigenvalue weighted by Gasteiger charge is 2.27. The first-order valence-electron chi connectivity index (χ1n) is 11.1. The first-order chi connectivity index (χ1) is 17.3. The van der Waals surface area contributed by atoms with E-state index >= 15 is 0 Å². The van der Waals surface area contributed by atoms with Gasteiger partial charge in [0.05, 0.1) is 22.0 Å². The van der Waals surface area contributed by atoms with Gasteiger partial charge in [-0.2, -0.15) is 0 Å². The number of hydrogen-bond donors (Lipinski definition) is 0. The fourth-order valence-corrected chi connectivity index (χ4v) is 5.14. The molecule has 0 radical (unpaired) electrons. The Hall–Kier alpha value is -4.42. The summed E-state index contributed by atoms with van der Waals surface area (Å²) in [6.07, 6.45) is 0. The van der Waals surface area contributed by atoms with Crippen LogP contribution in [0.5, 0.6) is 5.75 Å². The first kappa shape index (κ1) is 21.1. The van der Waals surface area contributed by atoms with E-state index in [1.165, 1.54) is 0 Å². The highest BCUT2D eigenvalue weighted by Crippen LogP contribution is 2.50. The van der Waals surface area contributed by atoms with Crippen molar-refractivity contribution >= 4 is 35.6 Å². The van der Waals surface area contributed by atoms with Crippen molar-refractivity contribution in [2.24, 2.45) is 0 Å². The Labute approximate surface area is 207 Å². The van der Waals surface area contributed by atoms with Gasteiger partial charge >= 0.3 is 0 Å². The number of rotatable bonds is 5. The van der Waals surface area contributed by atoms with Gasteiger partial charge in [0.25, 0.3) is 6.47 Å². The Morgan fingerprint density at radius 3 is 2.34 bits per heavy atom. The first-order valence-corrected chi connectivity index (χ1v) is 11.9. The van der Waals surface area contributed by atoms with Crippen molar-refractivity contribution in [1.29, 1.82) is 0 Å². The van der Waals surface area contributed by atoms with E-state index in [0.717, 1.165) is 49.6 Å². The lowest BCUT2D eigenvalue weighted by Gasteiger charge is -2.31. The van der Waals surface area contributed by atoms with E-state index in [0.29, 0.717) is 12.2 Å². The number of aromatic nitrogens is 2. The van der Waals surface area contributed by atoms with Crippen LogP contribution < -0.4 is 9.64 Å². The van der Waals surface area contributed by atoms with Gasteiger partial charge in [-0.1, -0.05) is 72.4 Å². The molecule has 0 aliphatic carbocycles. The zero-order valence-corrected chi connectivity index (χ0v) is 19.4. The molecule has 5 aromatic rings. The van der Waals surface area contributed by atoms with Crippen molar-refractivity contribution in [3.63, 3.8) is 0 Å². The molecule has 5 nitrogen and oxygen atoms in total. The molecule has 0 unspecified atom stereocenters. The van der Waals surface area contributed by atoms with Crippen LogP contribution in [0, 0.1) is 0 Å². The van der Waals surface area contributed by atoms with E-state index in [9.17, 15) is 4.79 Å². The minimum atomic E-state index is 0.429. The Balaban J connectivity index is 1.50. The largest absolute Gasteiger partial charge is 0.429 e. The average molecular weight is 474 g/mol. The second-order valence-electron chi connectivity index (χ2n) is 7.91. The maximum absolute atomic E-state index is 10.8. The molecule has 0 fully saturated rings. The summed E-state index contributed by atoms with van der Waals surface area (Å²) >= 11 is 1.71. The summed E-state index contributed by atoms with van der Waals surface area (Å²) in [6.45, 7) is 0.429. The molecule has 0 N–H and O–H groups in total. The van der Waals surface area contributed by atoms with Crippen LogP contribution in [0.3, 0.4) is 0 Å². The minimum absolute atomic E-state index is 0.429. The second kappa shape index (κ2) is 9.08. The van der Waals surface area contributed by atoms with Crippen molar-refractivity contribution < 1.29 is 9.53 Å². The monoisotopic (exact) mass is 473 g/mol. The number of carbonyl (C=O) groups excluding carboxylic acids is 1. The van der Waals surface area contributed by atoms with Gasteiger partial charge in [0.2, 0.25) is 0 Å². The van der Waals surface area contributed by atoms with Crippen LogP contribution in [0.4, 0.5) is 17.3 Å². The van der Waals surface area contributed by atoms with Gasteiger partial charge in [-0.25, -0.2) is 9.97 Å². The summed E-state index contributed by atoms with van der Waals surface area (Å²) in [5.74, 6) is 2.08. The summed E-state index contributed by atoms with van der Waals surface area (Å²) in [5.41, 5.74) is 4.63. The van der Waals surface area contributed by atoms with Gasteiger partial charge < -0.3 is 4.74 Å². The Morgan fingerprint density at radius 2 is 1.46 bits per heavy atom. The smallest absolute Gasteiger partial charge is 0.298 e. The number of hydrogen-bond acceptors (Lipinski definition) is 6. The molecule has 0 atom stereocenters. The standard InChI is InChI=1S/C29H19N3O2S/c33-19-34-22-11-6-10-21(18-22)23-12-7-15-28(30-23)32-25-13-4-5-14-26(25)35-27-17-16-24(31-29(27)32)20-8-2-1-3-9-20/h1-19H. The third kappa shape index (κ3) is 4.05. The molecule has 0 bridgehead atoms. The molecule has 35 heavy (non-hydrogen) atoms. The molecule has 1 aliphatic rings. The molecule has 3 heterocycles. The topological polar surface area (TPSA) is 55.3 Å². The number of carbonyl (C=O) groups is 1. The zero-order chi connectivity index (χ0) is 23.6. The molecule has 0 saturated carbocycles. The van der Waals surface area contributed by atoms with E-state index in [1.807, 2.05) is 60.7 Å². The van der Waals surface area contributed by atoms with Gasteiger partial charge in [-0.05, 0) is 48.5 Å². The quantitative estimate of drug-likeness (QED) is 0.245. The summed E-state index contributed by atoms with van der Waals surface area (Å²) in [7, 11) is 0. The van der Waals surface area contributed by atoms with Crippen LogP contribution in [-0.2, 0) is 4.79 Å². The van der Waals surface area contributed by atoms with Crippen molar-refractivity contribution in [1.82, 2.24) is 9.97 Å². The van der Waals surface area contributed by atoms with Crippen LogP contribution in [0.2, 0.25) is 0 Å². The molecule has 0 amide bonds. The third-order valence-electron chi connectivity index (χ3n) is 5.72. The van der Waals surface area contributed by atoms with E-state index in [-0.39, 0.29) is 0 Å². The lowest BCUT2D eigenvalue weighted by molar-refractivity contribution is -0.120. The van der Waals surface area contributed by atoms with Crippen LogP contribution >= 0.6 is 11.8 Å². The lowest BCUT2D eigenvalue weighted by Crippen LogP contribution is -2.18. The van der Waals surface area contributed by atoms with Crippen LogP contribution in [0.1, 0.15) is 0 Å². The van der Waals surface area contributed by atoms with Gasteiger partial charge in [0, 0.05) is 16.0 Å². The van der Waals surface area contributed by atoms with Gasteiger partial charge in [-0.3, -0.25) is 9.69 Å². The van der Waals surface area contributed by atoms with Crippen LogP contribution in [0.25, 0.3) is 22.5 Å². The van der Waals surface area contributed by atoms with Gasteiger partial charge in [0.15, 0.2) is 5.82 Å². The number of nitrogens with zero attached hydrogens (tertiary/aromatic N) is 3. The van der Waals surface area contributed by atoms with Gasteiger partial charge in [-0.15, -0.1) is 0 Å². The van der Waals surface area contributed by atoms with E-state index in [4.69, 9.17) is 14.7 Å². The number of benzene rings is 3.